The van der Waals surface area contributed by atoms with Crippen LogP contribution in [-0.2, 0) is 0 Å². The molecule has 0 saturated carbocycles. The van der Waals surface area contributed by atoms with Gasteiger partial charge >= 0.3 is 0 Å². The molecule has 0 atom stereocenters. The fraction of sp³-hybridized carbons (Fsp3) is 0.308. The molecule has 0 spiro atoms. The molecule has 2 aromatic rings. The summed E-state index contributed by atoms with van der Waals surface area (Å²) in [5, 5.41) is 4.30. The Morgan fingerprint density at radius 3 is 2.06 bits per heavy atom. The lowest BCUT2D eigenvalue weighted by atomic mass is 10.3. The number of rotatable bonds is 1. The number of halogens is 1. The van der Waals surface area contributed by atoms with E-state index in [9.17, 15) is 4.39 Å². The van der Waals surface area contributed by atoms with E-state index >= 15 is 0 Å². The van der Waals surface area contributed by atoms with E-state index in [0.29, 0.717) is 0 Å². The van der Waals surface area contributed by atoms with Crippen molar-refractivity contribution in [2.45, 2.75) is 27.7 Å². The summed E-state index contributed by atoms with van der Waals surface area (Å²) in [6.45, 7) is 7.91. The van der Waals surface area contributed by atoms with Crippen LogP contribution in [0.5, 0.6) is 0 Å². The van der Waals surface area contributed by atoms with Crippen molar-refractivity contribution in [2.24, 2.45) is 0 Å². The van der Waals surface area contributed by atoms with Crippen LogP contribution in [0.25, 0.3) is 5.69 Å². The first-order valence-electron chi connectivity index (χ1n) is 5.46. The third kappa shape index (κ3) is 2.69. The first-order chi connectivity index (χ1) is 7.66. The molecular weight excluding hydrogens is 203 g/mol. The molecule has 0 bridgehead atoms. The van der Waals surface area contributed by atoms with Gasteiger partial charge in [0.25, 0.3) is 0 Å². The average molecular weight is 220 g/mol. The summed E-state index contributed by atoms with van der Waals surface area (Å²) >= 11 is 0. The first-order valence-corrected chi connectivity index (χ1v) is 5.46. The molecule has 0 aliphatic rings. The summed E-state index contributed by atoms with van der Waals surface area (Å²) in [6.07, 6.45) is 0. The van der Waals surface area contributed by atoms with Gasteiger partial charge in [0.1, 0.15) is 5.82 Å². The van der Waals surface area contributed by atoms with Crippen LogP contribution in [-0.4, -0.2) is 9.78 Å². The van der Waals surface area contributed by atoms with Crippen LogP contribution < -0.4 is 0 Å². The highest BCUT2D eigenvalue weighted by atomic mass is 19.1. The van der Waals surface area contributed by atoms with Crippen LogP contribution >= 0.6 is 0 Å². The Labute approximate surface area is 95.7 Å². The minimum Gasteiger partial charge on any atom is -0.238 e. The Bertz CT molecular complexity index is 443. The molecule has 0 radical (unpaired) electrons. The molecule has 0 saturated heterocycles. The van der Waals surface area contributed by atoms with E-state index < -0.39 is 0 Å². The minimum atomic E-state index is -0.227. The van der Waals surface area contributed by atoms with Gasteiger partial charge in [-0.1, -0.05) is 13.8 Å². The van der Waals surface area contributed by atoms with Gasteiger partial charge in [-0.05, 0) is 44.2 Å². The number of aryl methyl sites for hydroxylation is 2. The molecule has 0 N–H and O–H groups in total. The van der Waals surface area contributed by atoms with Crippen LogP contribution in [0, 0.1) is 19.7 Å². The van der Waals surface area contributed by atoms with Crippen molar-refractivity contribution in [1.82, 2.24) is 9.78 Å². The van der Waals surface area contributed by atoms with Crippen LogP contribution in [0.2, 0.25) is 0 Å². The Balaban J connectivity index is 0.000000606. The summed E-state index contributed by atoms with van der Waals surface area (Å²) in [4.78, 5) is 0. The number of nitrogens with zero attached hydrogens (tertiary/aromatic N) is 2. The van der Waals surface area contributed by atoms with Crippen molar-refractivity contribution >= 4 is 0 Å². The summed E-state index contributed by atoms with van der Waals surface area (Å²) < 4.78 is 14.5. The molecule has 0 unspecified atom stereocenters. The molecule has 1 aromatic heterocycles. The van der Waals surface area contributed by atoms with Crippen molar-refractivity contribution in [1.29, 1.82) is 0 Å². The Morgan fingerprint density at radius 1 is 1.06 bits per heavy atom. The molecule has 3 heteroatoms. The third-order valence-electron chi connectivity index (χ3n) is 2.08. The molecule has 0 amide bonds. The zero-order chi connectivity index (χ0) is 12.1. The van der Waals surface area contributed by atoms with Gasteiger partial charge < -0.3 is 0 Å². The van der Waals surface area contributed by atoms with Crippen LogP contribution in [0.3, 0.4) is 0 Å². The predicted molar refractivity (Wildman–Crippen MR) is 64.3 cm³/mol. The van der Waals surface area contributed by atoms with Gasteiger partial charge in [-0.3, -0.25) is 0 Å². The normalized spacial score (nSPS) is 9.56. The molecule has 1 aromatic carbocycles. The topological polar surface area (TPSA) is 17.8 Å². The Morgan fingerprint density at radius 2 is 1.62 bits per heavy atom. The van der Waals surface area contributed by atoms with Gasteiger partial charge in [-0.25, -0.2) is 9.07 Å². The molecule has 0 aliphatic heterocycles. The SMILES string of the molecule is CC.Cc1cc(C)n(-c2ccc(F)cc2)n1. The fourth-order valence-corrected chi connectivity index (χ4v) is 1.47. The molecule has 0 fully saturated rings. The van der Waals surface area contributed by atoms with E-state index in [1.54, 1.807) is 16.8 Å². The summed E-state index contributed by atoms with van der Waals surface area (Å²) in [6, 6.07) is 8.30. The second kappa shape index (κ2) is 5.45. The first kappa shape index (κ1) is 12.4. The van der Waals surface area contributed by atoms with Crippen LogP contribution in [0.15, 0.2) is 30.3 Å². The molecule has 1 heterocycles. The van der Waals surface area contributed by atoms with E-state index in [1.165, 1.54) is 12.1 Å². The molecule has 16 heavy (non-hydrogen) atoms. The zero-order valence-electron chi connectivity index (χ0n) is 10.2. The van der Waals surface area contributed by atoms with Gasteiger partial charge in [0, 0.05) is 5.69 Å². The minimum absolute atomic E-state index is 0.227. The van der Waals surface area contributed by atoms with Gasteiger partial charge in [-0.15, -0.1) is 0 Å². The van der Waals surface area contributed by atoms with E-state index in [2.05, 4.69) is 5.10 Å². The standard InChI is InChI=1S/C11H11FN2.C2H6/c1-8-7-9(2)14(13-8)11-5-3-10(12)4-6-11;1-2/h3-7H,1-2H3;1-2H3. The monoisotopic (exact) mass is 220 g/mol. The van der Waals surface area contributed by atoms with Crippen molar-refractivity contribution in [3.63, 3.8) is 0 Å². The lowest BCUT2D eigenvalue weighted by Crippen LogP contribution is -1.98. The van der Waals surface area contributed by atoms with E-state index in [4.69, 9.17) is 0 Å². The molecule has 0 aliphatic carbocycles. The molecule has 2 rings (SSSR count). The summed E-state index contributed by atoms with van der Waals surface area (Å²) in [7, 11) is 0. The highest BCUT2D eigenvalue weighted by Gasteiger charge is 2.02. The van der Waals surface area contributed by atoms with E-state index in [0.717, 1.165) is 17.1 Å². The van der Waals surface area contributed by atoms with Gasteiger partial charge in [-0.2, -0.15) is 5.10 Å². The maximum Gasteiger partial charge on any atom is 0.123 e. The van der Waals surface area contributed by atoms with Crippen molar-refractivity contribution in [2.75, 3.05) is 0 Å². The predicted octanol–water partition coefficient (Wildman–Crippen LogP) is 3.65. The number of benzene rings is 1. The second-order valence-corrected chi connectivity index (χ2v) is 3.32. The summed E-state index contributed by atoms with van der Waals surface area (Å²) in [5.41, 5.74) is 2.90. The van der Waals surface area contributed by atoms with Crippen molar-refractivity contribution < 1.29 is 4.39 Å². The fourth-order valence-electron chi connectivity index (χ4n) is 1.47. The van der Waals surface area contributed by atoms with E-state index in [-0.39, 0.29) is 5.82 Å². The number of hydrogen-bond donors (Lipinski definition) is 0. The molecule has 2 nitrogen and oxygen atoms in total. The maximum atomic E-state index is 12.7. The molecule has 86 valence electrons. The number of aromatic nitrogens is 2. The Kier molecular flexibility index (Phi) is 4.23. The van der Waals surface area contributed by atoms with Gasteiger partial charge in [0.15, 0.2) is 0 Å². The lowest BCUT2D eigenvalue weighted by Gasteiger charge is -2.03. The van der Waals surface area contributed by atoms with Crippen LogP contribution in [0.1, 0.15) is 25.2 Å². The number of hydrogen-bond acceptors (Lipinski definition) is 1. The largest absolute Gasteiger partial charge is 0.238 e. The highest BCUT2D eigenvalue weighted by molar-refractivity contribution is 5.33. The van der Waals surface area contributed by atoms with Crippen molar-refractivity contribution in [3.8, 4) is 5.69 Å². The van der Waals surface area contributed by atoms with Gasteiger partial charge in [0.05, 0.1) is 11.4 Å². The van der Waals surface area contributed by atoms with Crippen LogP contribution in [0.4, 0.5) is 4.39 Å². The smallest absolute Gasteiger partial charge is 0.123 e. The van der Waals surface area contributed by atoms with E-state index in [1.807, 2.05) is 33.8 Å². The van der Waals surface area contributed by atoms with Gasteiger partial charge in [0.2, 0.25) is 0 Å². The van der Waals surface area contributed by atoms with Crippen molar-refractivity contribution in [3.05, 3.63) is 47.5 Å². The lowest BCUT2D eigenvalue weighted by molar-refractivity contribution is 0.627. The maximum absolute atomic E-state index is 12.7. The third-order valence-corrected chi connectivity index (χ3v) is 2.08. The average Bonchev–Trinajstić information content (AvgIpc) is 2.62. The quantitative estimate of drug-likeness (QED) is 0.717. The zero-order valence-corrected chi connectivity index (χ0v) is 10.2. The Hall–Kier alpha value is -1.64. The highest BCUT2D eigenvalue weighted by Crippen LogP contribution is 2.12. The second-order valence-electron chi connectivity index (χ2n) is 3.32. The summed E-state index contributed by atoms with van der Waals surface area (Å²) in [5.74, 6) is -0.227. The molecular formula is C13H17FN2.